The van der Waals surface area contributed by atoms with Gasteiger partial charge in [0.15, 0.2) is 0 Å². The van der Waals surface area contributed by atoms with Crippen LogP contribution < -0.4 is 0 Å². The number of aliphatic hydroxyl groups excluding tert-OH is 1. The first kappa shape index (κ1) is 13.0. The Balaban J connectivity index is 2.13. The van der Waals surface area contributed by atoms with Crippen molar-refractivity contribution < 1.29 is 9.90 Å². The molecule has 1 aliphatic heterocycles. The second-order valence-corrected chi connectivity index (χ2v) is 4.94. The van der Waals surface area contributed by atoms with E-state index in [0.29, 0.717) is 25.2 Å². The van der Waals surface area contributed by atoms with Crippen LogP contribution in [0.1, 0.15) is 35.8 Å². The Morgan fingerprint density at radius 3 is 3.06 bits per heavy atom. The number of hydrogen-bond donors (Lipinski definition) is 1. The van der Waals surface area contributed by atoms with E-state index in [1.807, 2.05) is 30.9 Å². The van der Waals surface area contributed by atoms with Crippen molar-refractivity contribution in [2.45, 2.75) is 32.8 Å². The lowest BCUT2D eigenvalue weighted by molar-refractivity contribution is 0.0225. The molecule has 1 aromatic rings. The van der Waals surface area contributed by atoms with Gasteiger partial charge in [0.1, 0.15) is 5.69 Å². The third-order valence-electron chi connectivity index (χ3n) is 3.72. The summed E-state index contributed by atoms with van der Waals surface area (Å²) in [6.07, 6.45) is 2.93. The number of aryl methyl sites for hydroxylation is 1. The molecule has 98 valence electrons. The van der Waals surface area contributed by atoms with Crippen LogP contribution in [0.5, 0.6) is 0 Å². The molecule has 0 bridgehead atoms. The summed E-state index contributed by atoms with van der Waals surface area (Å²) in [5, 5.41) is 9.84. The average molecular weight is 248 g/mol. The zero-order valence-corrected chi connectivity index (χ0v) is 11.0. The summed E-state index contributed by atoms with van der Waals surface area (Å²) < 4.78 is 0. The number of nitrogens with zero attached hydrogens (tertiary/aromatic N) is 2. The van der Waals surface area contributed by atoms with Gasteiger partial charge in [-0.05, 0) is 31.4 Å². The van der Waals surface area contributed by atoms with Crippen LogP contribution in [-0.4, -0.2) is 40.1 Å². The number of carbonyl (C=O) groups is 1. The largest absolute Gasteiger partial charge is 0.393 e. The molecule has 1 fully saturated rings. The van der Waals surface area contributed by atoms with Crippen LogP contribution in [0.2, 0.25) is 0 Å². The molecule has 0 saturated carbocycles. The Hall–Kier alpha value is -1.42. The summed E-state index contributed by atoms with van der Waals surface area (Å²) in [6, 6.07) is 3.73. The van der Waals surface area contributed by atoms with Crippen LogP contribution >= 0.6 is 0 Å². The molecule has 4 heteroatoms. The fraction of sp³-hybridized carbons (Fsp3) is 0.571. The van der Waals surface area contributed by atoms with Crippen LogP contribution in [0.15, 0.2) is 18.3 Å². The number of piperidine rings is 1. The van der Waals surface area contributed by atoms with Gasteiger partial charge in [0.05, 0.1) is 6.10 Å². The van der Waals surface area contributed by atoms with Crippen molar-refractivity contribution in [2.75, 3.05) is 13.1 Å². The molecule has 1 aliphatic rings. The molecule has 4 nitrogen and oxygen atoms in total. The van der Waals surface area contributed by atoms with Gasteiger partial charge in [-0.25, -0.2) is 0 Å². The summed E-state index contributed by atoms with van der Waals surface area (Å²) in [5.41, 5.74) is 1.44. The fourth-order valence-electron chi connectivity index (χ4n) is 2.46. The molecule has 1 aromatic heterocycles. The lowest BCUT2D eigenvalue weighted by atomic mass is 9.92. The van der Waals surface area contributed by atoms with Gasteiger partial charge < -0.3 is 10.0 Å². The highest BCUT2D eigenvalue weighted by Crippen LogP contribution is 2.21. The Labute approximate surface area is 108 Å². The van der Waals surface area contributed by atoms with Crippen molar-refractivity contribution >= 4 is 5.91 Å². The Bertz CT molecular complexity index is 434. The Morgan fingerprint density at radius 1 is 1.61 bits per heavy atom. The first-order chi connectivity index (χ1) is 8.63. The van der Waals surface area contributed by atoms with Gasteiger partial charge in [0.2, 0.25) is 0 Å². The standard InChI is InChI=1S/C14H20N2O2/c1-3-11-9-16(8-6-12(11)17)14(18)13-10(2)5-4-7-15-13/h4-5,7,11-12,17H,3,6,8-9H2,1-2H3. The minimum absolute atomic E-state index is 0.0153. The molecular formula is C14H20N2O2. The molecule has 2 heterocycles. The molecule has 2 rings (SSSR count). The quantitative estimate of drug-likeness (QED) is 0.865. The van der Waals surface area contributed by atoms with Crippen molar-refractivity contribution in [2.24, 2.45) is 5.92 Å². The number of carbonyl (C=O) groups excluding carboxylic acids is 1. The van der Waals surface area contributed by atoms with Gasteiger partial charge in [0, 0.05) is 25.2 Å². The Morgan fingerprint density at radius 2 is 2.39 bits per heavy atom. The van der Waals surface area contributed by atoms with E-state index in [2.05, 4.69) is 4.98 Å². The summed E-state index contributed by atoms with van der Waals surface area (Å²) in [5.74, 6) is 0.171. The molecular weight excluding hydrogens is 228 g/mol. The monoisotopic (exact) mass is 248 g/mol. The minimum atomic E-state index is -0.274. The number of rotatable bonds is 2. The van der Waals surface area contributed by atoms with Gasteiger partial charge in [-0.3, -0.25) is 9.78 Å². The van der Waals surface area contributed by atoms with E-state index in [-0.39, 0.29) is 17.9 Å². The van der Waals surface area contributed by atoms with Gasteiger partial charge in [-0.1, -0.05) is 13.0 Å². The third kappa shape index (κ3) is 2.53. The highest BCUT2D eigenvalue weighted by molar-refractivity contribution is 5.93. The second kappa shape index (κ2) is 5.48. The van der Waals surface area contributed by atoms with E-state index in [0.717, 1.165) is 12.0 Å². The average Bonchev–Trinajstić information content (AvgIpc) is 2.39. The van der Waals surface area contributed by atoms with Crippen LogP contribution in [0.4, 0.5) is 0 Å². The number of pyridine rings is 1. The molecule has 0 aliphatic carbocycles. The molecule has 0 spiro atoms. The summed E-state index contributed by atoms with van der Waals surface area (Å²) in [7, 11) is 0. The highest BCUT2D eigenvalue weighted by atomic mass is 16.3. The van der Waals surface area contributed by atoms with Crippen LogP contribution in [0.3, 0.4) is 0 Å². The Kier molecular flexibility index (Phi) is 3.97. The number of hydrogen-bond acceptors (Lipinski definition) is 3. The number of aromatic nitrogens is 1. The maximum atomic E-state index is 12.4. The highest BCUT2D eigenvalue weighted by Gasteiger charge is 2.30. The van der Waals surface area contributed by atoms with Crippen LogP contribution in [0, 0.1) is 12.8 Å². The zero-order valence-electron chi connectivity index (χ0n) is 11.0. The van der Waals surface area contributed by atoms with Crippen molar-refractivity contribution in [3.8, 4) is 0 Å². The molecule has 0 aromatic carbocycles. The smallest absolute Gasteiger partial charge is 0.272 e. The topological polar surface area (TPSA) is 53.4 Å². The summed E-state index contributed by atoms with van der Waals surface area (Å²) >= 11 is 0. The maximum Gasteiger partial charge on any atom is 0.272 e. The maximum absolute atomic E-state index is 12.4. The van der Waals surface area contributed by atoms with E-state index >= 15 is 0 Å². The normalized spacial score (nSPS) is 24.1. The van der Waals surface area contributed by atoms with E-state index < -0.39 is 0 Å². The lowest BCUT2D eigenvalue weighted by Crippen LogP contribution is -2.46. The predicted molar refractivity (Wildman–Crippen MR) is 69.3 cm³/mol. The van der Waals surface area contributed by atoms with E-state index in [1.165, 1.54) is 0 Å². The molecule has 0 radical (unpaired) electrons. The first-order valence-corrected chi connectivity index (χ1v) is 6.52. The van der Waals surface area contributed by atoms with Gasteiger partial charge in [0.25, 0.3) is 5.91 Å². The number of amides is 1. The molecule has 2 unspecified atom stereocenters. The lowest BCUT2D eigenvalue weighted by Gasteiger charge is -2.35. The first-order valence-electron chi connectivity index (χ1n) is 6.52. The van der Waals surface area contributed by atoms with E-state index in [4.69, 9.17) is 0 Å². The molecule has 1 amide bonds. The summed E-state index contributed by atoms with van der Waals surface area (Å²) in [6.45, 7) is 5.20. The number of likely N-dealkylation sites (tertiary alicyclic amines) is 1. The fourth-order valence-corrected chi connectivity index (χ4v) is 2.46. The molecule has 18 heavy (non-hydrogen) atoms. The van der Waals surface area contributed by atoms with Crippen molar-refractivity contribution in [1.29, 1.82) is 0 Å². The predicted octanol–water partition coefficient (Wildman–Crippen LogP) is 1.62. The van der Waals surface area contributed by atoms with E-state index in [9.17, 15) is 9.90 Å². The minimum Gasteiger partial charge on any atom is -0.393 e. The van der Waals surface area contributed by atoms with Gasteiger partial charge >= 0.3 is 0 Å². The van der Waals surface area contributed by atoms with Gasteiger partial charge in [-0.2, -0.15) is 0 Å². The number of aliphatic hydroxyl groups is 1. The van der Waals surface area contributed by atoms with Crippen LogP contribution in [0.25, 0.3) is 0 Å². The van der Waals surface area contributed by atoms with Gasteiger partial charge in [-0.15, -0.1) is 0 Å². The SMILES string of the molecule is CCC1CN(C(=O)c2ncccc2C)CCC1O. The van der Waals surface area contributed by atoms with Crippen molar-refractivity contribution in [3.63, 3.8) is 0 Å². The zero-order chi connectivity index (χ0) is 13.1. The van der Waals surface area contributed by atoms with Crippen LogP contribution in [-0.2, 0) is 0 Å². The molecule has 1 saturated heterocycles. The van der Waals surface area contributed by atoms with E-state index in [1.54, 1.807) is 6.20 Å². The third-order valence-corrected chi connectivity index (χ3v) is 3.72. The van der Waals surface area contributed by atoms with Crippen molar-refractivity contribution in [1.82, 2.24) is 9.88 Å². The summed E-state index contributed by atoms with van der Waals surface area (Å²) in [4.78, 5) is 18.4. The molecule has 1 N–H and O–H groups in total. The second-order valence-electron chi connectivity index (χ2n) is 4.94. The van der Waals surface area contributed by atoms with Crippen molar-refractivity contribution in [3.05, 3.63) is 29.6 Å². The molecule has 2 atom stereocenters.